The van der Waals surface area contributed by atoms with Crippen LogP contribution < -0.4 is 10.6 Å². The maximum absolute atomic E-state index is 13.2. The van der Waals surface area contributed by atoms with Crippen LogP contribution in [0.5, 0.6) is 0 Å². The molecule has 0 unspecified atom stereocenters. The van der Waals surface area contributed by atoms with Gasteiger partial charge in [0.05, 0.1) is 12.0 Å². The van der Waals surface area contributed by atoms with Gasteiger partial charge in [0.15, 0.2) is 0 Å². The number of ether oxygens (including phenoxy) is 1. The summed E-state index contributed by atoms with van der Waals surface area (Å²) in [5.41, 5.74) is -0.214. The predicted octanol–water partition coefficient (Wildman–Crippen LogP) is 3.08. The Morgan fingerprint density at radius 3 is 2.62 bits per heavy atom. The fraction of sp³-hybridized carbons (Fsp3) is 0.737. The van der Waals surface area contributed by atoms with Crippen molar-refractivity contribution in [2.75, 3.05) is 33.4 Å². The van der Waals surface area contributed by atoms with E-state index in [0.717, 1.165) is 64.8 Å². The van der Waals surface area contributed by atoms with Gasteiger partial charge in [-0.2, -0.15) is 0 Å². The van der Waals surface area contributed by atoms with E-state index in [-0.39, 0.29) is 16.7 Å². The Balaban J connectivity index is 1.71. The molecule has 24 heavy (non-hydrogen) atoms. The Labute approximate surface area is 149 Å². The average Bonchev–Trinajstić information content (AvgIpc) is 3.17. The molecule has 0 atom stereocenters. The van der Waals surface area contributed by atoms with Crippen molar-refractivity contribution in [3.63, 3.8) is 0 Å². The minimum absolute atomic E-state index is 0.0843. The molecule has 1 saturated heterocycles. The molecule has 134 valence electrons. The van der Waals surface area contributed by atoms with E-state index in [2.05, 4.69) is 28.1 Å². The van der Waals surface area contributed by atoms with Crippen LogP contribution in [0.2, 0.25) is 0 Å². The number of amides is 1. The summed E-state index contributed by atoms with van der Waals surface area (Å²) in [5.74, 6) is 0.235. The minimum Gasteiger partial charge on any atom is -0.384 e. The van der Waals surface area contributed by atoms with Crippen molar-refractivity contribution in [2.24, 2.45) is 5.41 Å². The third kappa shape index (κ3) is 3.68. The SMILES string of the molecule is COCC1(CNC(=O)C2(c3cccs3)CCCCC2)CCNCC1. The highest BCUT2D eigenvalue weighted by Gasteiger charge is 2.43. The molecule has 2 heterocycles. The Bertz CT molecular complexity index is 512. The van der Waals surface area contributed by atoms with Crippen molar-refractivity contribution in [1.82, 2.24) is 10.6 Å². The third-order valence-corrected chi connectivity index (χ3v) is 6.95. The van der Waals surface area contributed by atoms with Gasteiger partial charge in [-0.3, -0.25) is 4.79 Å². The van der Waals surface area contributed by atoms with Gasteiger partial charge >= 0.3 is 0 Å². The molecule has 2 aliphatic rings. The quantitative estimate of drug-likeness (QED) is 0.829. The molecule has 0 aromatic carbocycles. The Kier molecular flexibility index (Phi) is 5.95. The van der Waals surface area contributed by atoms with E-state index in [9.17, 15) is 4.79 Å². The first-order chi connectivity index (χ1) is 11.7. The number of thiophene rings is 1. The highest BCUT2D eigenvalue weighted by atomic mass is 32.1. The van der Waals surface area contributed by atoms with Crippen molar-refractivity contribution < 1.29 is 9.53 Å². The van der Waals surface area contributed by atoms with E-state index in [4.69, 9.17) is 4.74 Å². The molecule has 2 N–H and O–H groups in total. The molecule has 4 nitrogen and oxygen atoms in total. The first-order valence-electron chi connectivity index (χ1n) is 9.23. The first kappa shape index (κ1) is 17.9. The second-order valence-corrected chi connectivity index (χ2v) is 8.43. The number of carbonyl (C=O) groups excluding carboxylic acids is 1. The molecule has 1 aromatic rings. The van der Waals surface area contributed by atoms with Crippen molar-refractivity contribution >= 4 is 17.2 Å². The van der Waals surface area contributed by atoms with E-state index in [1.165, 1.54) is 11.3 Å². The summed E-state index contributed by atoms with van der Waals surface area (Å²) in [5, 5.41) is 8.84. The van der Waals surface area contributed by atoms with Gasteiger partial charge < -0.3 is 15.4 Å². The maximum atomic E-state index is 13.2. The molecule has 1 saturated carbocycles. The number of nitrogens with one attached hydrogen (secondary N) is 2. The third-order valence-electron chi connectivity index (χ3n) is 5.87. The number of rotatable bonds is 6. The van der Waals surface area contributed by atoms with Crippen molar-refractivity contribution in [3.8, 4) is 0 Å². The van der Waals surface area contributed by atoms with Crippen LogP contribution >= 0.6 is 11.3 Å². The lowest BCUT2D eigenvalue weighted by Crippen LogP contribution is -2.52. The van der Waals surface area contributed by atoms with Gasteiger partial charge in [0.2, 0.25) is 5.91 Å². The van der Waals surface area contributed by atoms with E-state index in [1.54, 1.807) is 18.4 Å². The standard InChI is InChI=1S/C19H30N2O2S/c1-23-15-18(9-11-20-12-10-18)14-21-17(22)19(7-3-2-4-8-19)16-6-5-13-24-16/h5-6,13,20H,2-4,7-12,14-15H2,1H3,(H,21,22). The van der Waals surface area contributed by atoms with Crippen LogP contribution in [0.3, 0.4) is 0 Å². The van der Waals surface area contributed by atoms with E-state index in [1.807, 2.05) is 0 Å². The number of piperidine rings is 1. The zero-order chi connectivity index (χ0) is 16.9. The predicted molar refractivity (Wildman–Crippen MR) is 98.5 cm³/mol. The molecule has 1 aromatic heterocycles. The normalized spacial score (nSPS) is 22.9. The molecular formula is C19H30N2O2S. The lowest BCUT2D eigenvalue weighted by atomic mass is 9.71. The molecule has 1 aliphatic carbocycles. The van der Waals surface area contributed by atoms with Crippen LogP contribution in [-0.4, -0.2) is 39.3 Å². The van der Waals surface area contributed by atoms with Crippen LogP contribution in [0.15, 0.2) is 17.5 Å². The van der Waals surface area contributed by atoms with Crippen LogP contribution in [-0.2, 0) is 14.9 Å². The largest absolute Gasteiger partial charge is 0.384 e. The molecule has 0 radical (unpaired) electrons. The van der Waals surface area contributed by atoms with E-state index in [0.29, 0.717) is 0 Å². The lowest BCUT2D eigenvalue weighted by Gasteiger charge is -2.40. The summed E-state index contributed by atoms with van der Waals surface area (Å²) in [7, 11) is 1.76. The number of carbonyl (C=O) groups is 1. The van der Waals surface area contributed by atoms with Gasteiger partial charge in [-0.15, -0.1) is 11.3 Å². The molecular weight excluding hydrogens is 320 g/mol. The lowest BCUT2D eigenvalue weighted by molar-refractivity contribution is -0.128. The molecule has 5 heteroatoms. The van der Waals surface area contributed by atoms with Crippen molar-refractivity contribution in [3.05, 3.63) is 22.4 Å². The van der Waals surface area contributed by atoms with Crippen LogP contribution in [0, 0.1) is 5.41 Å². The summed E-state index contributed by atoms with van der Waals surface area (Å²) >= 11 is 1.73. The fourth-order valence-electron chi connectivity index (χ4n) is 4.36. The Morgan fingerprint density at radius 2 is 2.00 bits per heavy atom. The van der Waals surface area contributed by atoms with Crippen molar-refractivity contribution in [2.45, 2.75) is 50.4 Å². The number of hydrogen-bond acceptors (Lipinski definition) is 4. The molecule has 0 bridgehead atoms. The first-order valence-corrected chi connectivity index (χ1v) is 10.1. The maximum Gasteiger partial charge on any atom is 0.231 e. The Hall–Kier alpha value is -0.910. The van der Waals surface area contributed by atoms with Crippen LogP contribution in [0.25, 0.3) is 0 Å². The summed E-state index contributed by atoms with van der Waals surface area (Å²) in [6, 6.07) is 4.22. The average molecular weight is 351 g/mol. The molecule has 1 aliphatic heterocycles. The monoisotopic (exact) mass is 350 g/mol. The van der Waals surface area contributed by atoms with Gasteiger partial charge in [0.25, 0.3) is 0 Å². The fourth-order valence-corrected chi connectivity index (χ4v) is 5.35. The zero-order valence-electron chi connectivity index (χ0n) is 14.7. The topological polar surface area (TPSA) is 50.4 Å². The molecule has 1 amide bonds. The Morgan fingerprint density at radius 1 is 1.25 bits per heavy atom. The summed E-state index contributed by atoms with van der Waals surface area (Å²) < 4.78 is 5.48. The van der Waals surface area contributed by atoms with Gasteiger partial charge in [-0.25, -0.2) is 0 Å². The van der Waals surface area contributed by atoms with Gasteiger partial charge in [0, 0.05) is 23.9 Å². The van der Waals surface area contributed by atoms with Crippen LogP contribution in [0.4, 0.5) is 0 Å². The molecule has 0 spiro atoms. The summed E-state index contributed by atoms with van der Waals surface area (Å²) in [6.45, 7) is 3.47. The number of methoxy groups -OCH3 is 1. The highest BCUT2D eigenvalue weighted by molar-refractivity contribution is 7.10. The smallest absolute Gasteiger partial charge is 0.231 e. The van der Waals surface area contributed by atoms with Gasteiger partial charge in [-0.1, -0.05) is 25.3 Å². The number of hydrogen-bond donors (Lipinski definition) is 2. The minimum atomic E-state index is -0.298. The van der Waals surface area contributed by atoms with Crippen molar-refractivity contribution in [1.29, 1.82) is 0 Å². The van der Waals surface area contributed by atoms with Gasteiger partial charge in [-0.05, 0) is 50.2 Å². The van der Waals surface area contributed by atoms with Gasteiger partial charge in [0.1, 0.15) is 0 Å². The summed E-state index contributed by atoms with van der Waals surface area (Å²) in [6.07, 6.45) is 7.65. The van der Waals surface area contributed by atoms with E-state index >= 15 is 0 Å². The second kappa shape index (κ2) is 7.98. The van der Waals surface area contributed by atoms with Crippen LogP contribution in [0.1, 0.15) is 49.8 Å². The zero-order valence-corrected chi connectivity index (χ0v) is 15.6. The molecule has 2 fully saturated rings. The molecule has 3 rings (SSSR count). The second-order valence-electron chi connectivity index (χ2n) is 7.49. The summed E-state index contributed by atoms with van der Waals surface area (Å²) in [4.78, 5) is 14.5. The van der Waals surface area contributed by atoms with E-state index < -0.39 is 0 Å². The highest BCUT2D eigenvalue weighted by Crippen LogP contribution is 2.42.